The molecule has 2 heterocycles. The largest absolute Gasteiger partial charge is 0.474 e. The molecule has 1 aliphatic rings. The number of pyridine rings is 1. The van der Waals surface area contributed by atoms with Crippen LogP contribution in [0.4, 0.5) is 4.79 Å². The van der Waals surface area contributed by atoms with Gasteiger partial charge in [0.25, 0.3) is 0 Å². The fourth-order valence-corrected chi connectivity index (χ4v) is 2.51. The standard InChI is InChI=1S/C17H26N2O3/c1-5-17(2,3)13-6-7-15(18-12-13)22-14-8-10-19(11-9-14)16(20)21-4/h6-7,12,14H,5,8-11H2,1-4H3. The molecule has 0 spiro atoms. The van der Waals surface area contributed by atoms with E-state index in [0.717, 1.165) is 19.3 Å². The quantitative estimate of drug-likeness (QED) is 0.855. The van der Waals surface area contributed by atoms with Gasteiger partial charge < -0.3 is 14.4 Å². The number of piperidine rings is 1. The minimum absolute atomic E-state index is 0.110. The molecule has 0 aromatic carbocycles. The second-order valence-corrected chi connectivity index (χ2v) is 6.40. The summed E-state index contributed by atoms with van der Waals surface area (Å²) in [6, 6.07) is 4.04. The van der Waals surface area contributed by atoms with Gasteiger partial charge in [0.1, 0.15) is 6.10 Å². The van der Waals surface area contributed by atoms with Crippen molar-refractivity contribution in [3.63, 3.8) is 0 Å². The summed E-state index contributed by atoms with van der Waals surface area (Å²) in [5.41, 5.74) is 1.36. The summed E-state index contributed by atoms with van der Waals surface area (Å²) < 4.78 is 10.7. The first kappa shape index (κ1) is 16.6. The van der Waals surface area contributed by atoms with Crippen molar-refractivity contribution in [1.82, 2.24) is 9.88 Å². The molecule has 2 rings (SSSR count). The summed E-state index contributed by atoms with van der Waals surface area (Å²) in [6.07, 6.45) is 4.43. The molecule has 1 amide bonds. The van der Waals surface area contributed by atoms with Crippen molar-refractivity contribution in [2.75, 3.05) is 20.2 Å². The Labute approximate surface area is 132 Å². The number of rotatable bonds is 4. The van der Waals surface area contributed by atoms with E-state index in [1.165, 1.54) is 12.7 Å². The second kappa shape index (κ2) is 6.99. The SMILES string of the molecule is CCC(C)(C)c1ccc(OC2CCN(C(=O)OC)CC2)nc1. The second-order valence-electron chi connectivity index (χ2n) is 6.40. The molecular formula is C17H26N2O3. The third kappa shape index (κ3) is 3.90. The Morgan fingerprint density at radius 3 is 2.55 bits per heavy atom. The van der Waals surface area contributed by atoms with Gasteiger partial charge in [-0.15, -0.1) is 0 Å². The van der Waals surface area contributed by atoms with Crippen LogP contribution in [0, 0.1) is 0 Å². The van der Waals surface area contributed by atoms with Crippen molar-refractivity contribution in [2.24, 2.45) is 0 Å². The molecule has 0 N–H and O–H groups in total. The van der Waals surface area contributed by atoms with Crippen molar-refractivity contribution in [3.8, 4) is 5.88 Å². The lowest BCUT2D eigenvalue weighted by Gasteiger charge is -2.31. The zero-order chi connectivity index (χ0) is 16.2. The van der Waals surface area contributed by atoms with Crippen molar-refractivity contribution in [1.29, 1.82) is 0 Å². The van der Waals surface area contributed by atoms with Gasteiger partial charge >= 0.3 is 6.09 Å². The average Bonchev–Trinajstić information content (AvgIpc) is 2.55. The van der Waals surface area contributed by atoms with Crippen LogP contribution in [-0.2, 0) is 10.2 Å². The Hall–Kier alpha value is -1.78. The maximum Gasteiger partial charge on any atom is 0.409 e. The van der Waals surface area contributed by atoms with Gasteiger partial charge in [-0.05, 0) is 17.4 Å². The summed E-state index contributed by atoms with van der Waals surface area (Å²) in [4.78, 5) is 17.6. The number of carbonyl (C=O) groups is 1. The molecule has 1 aromatic rings. The molecule has 0 saturated carbocycles. The lowest BCUT2D eigenvalue weighted by Crippen LogP contribution is -2.41. The van der Waals surface area contributed by atoms with Gasteiger partial charge in [0.15, 0.2) is 0 Å². The molecule has 22 heavy (non-hydrogen) atoms. The molecule has 5 heteroatoms. The van der Waals surface area contributed by atoms with Crippen LogP contribution in [0.25, 0.3) is 0 Å². The molecule has 0 unspecified atom stereocenters. The Kier molecular flexibility index (Phi) is 5.27. The first-order valence-corrected chi connectivity index (χ1v) is 7.92. The van der Waals surface area contributed by atoms with Gasteiger partial charge in [0.2, 0.25) is 5.88 Å². The Balaban J connectivity index is 1.89. The summed E-state index contributed by atoms with van der Waals surface area (Å²) >= 11 is 0. The molecule has 1 aliphatic heterocycles. The minimum Gasteiger partial charge on any atom is -0.474 e. The van der Waals surface area contributed by atoms with E-state index in [1.54, 1.807) is 4.90 Å². The van der Waals surface area contributed by atoms with Crippen LogP contribution in [0.3, 0.4) is 0 Å². The summed E-state index contributed by atoms with van der Waals surface area (Å²) in [6.45, 7) is 7.94. The highest BCUT2D eigenvalue weighted by Gasteiger charge is 2.25. The monoisotopic (exact) mass is 306 g/mol. The number of hydrogen-bond donors (Lipinski definition) is 0. The van der Waals surface area contributed by atoms with Crippen LogP contribution in [0.2, 0.25) is 0 Å². The van der Waals surface area contributed by atoms with Gasteiger partial charge in [-0.2, -0.15) is 0 Å². The first-order valence-electron chi connectivity index (χ1n) is 7.92. The van der Waals surface area contributed by atoms with E-state index >= 15 is 0 Å². The minimum atomic E-state index is -0.261. The van der Waals surface area contributed by atoms with E-state index < -0.39 is 0 Å². The van der Waals surface area contributed by atoms with Crippen LogP contribution in [0.1, 0.15) is 45.6 Å². The van der Waals surface area contributed by atoms with Crippen molar-refractivity contribution in [2.45, 2.75) is 51.6 Å². The fraction of sp³-hybridized carbons (Fsp3) is 0.647. The van der Waals surface area contributed by atoms with E-state index in [1.807, 2.05) is 12.3 Å². The van der Waals surface area contributed by atoms with Gasteiger partial charge in [0, 0.05) is 38.2 Å². The number of hydrogen-bond acceptors (Lipinski definition) is 4. The van der Waals surface area contributed by atoms with Gasteiger partial charge in [-0.1, -0.05) is 26.8 Å². The van der Waals surface area contributed by atoms with Gasteiger partial charge in [0.05, 0.1) is 7.11 Å². The molecule has 0 atom stereocenters. The molecule has 0 bridgehead atoms. The lowest BCUT2D eigenvalue weighted by atomic mass is 9.83. The topological polar surface area (TPSA) is 51.7 Å². The zero-order valence-corrected chi connectivity index (χ0v) is 14.0. The Morgan fingerprint density at radius 2 is 2.05 bits per heavy atom. The van der Waals surface area contributed by atoms with Crippen LogP contribution < -0.4 is 4.74 Å². The van der Waals surface area contributed by atoms with Gasteiger partial charge in [-0.3, -0.25) is 0 Å². The highest BCUT2D eigenvalue weighted by Crippen LogP contribution is 2.27. The summed E-state index contributed by atoms with van der Waals surface area (Å²) in [7, 11) is 1.41. The van der Waals surface area contributed by atoms with Crippen LogP contribution in [0.5, 0.6) is 5.88 Å². The molecular weight excluding hydrogens is 280 g/mol. The zero-order valence-electron chi connectivity index (χ0n) is 14.0. The number of aromatic nitrogens is 1. The first-order chi connectivity index (χ1) is 10.5. The number of methoxy groups -OCH3 is 1. The predicted octanol–water partition coefficient (Wildman–Crippen LogP) is 3.38. The third-order valence-electron chi connectivity index (χ3n) is 4.56. The third-order valence-corrected chi connectivity index (χ3v) is 4.56. The predicted molar refractivity (Wildman–Crippen MR) is 85.2 cm³/mol. The number of ether oxygens (including phenoxy) is 2. The van der Waals surface area contributed by atoms with E-state index in [9.17, 15) is 4.79 Å². The highest BCUT2D eigenvalue weighted by molar-refractivity contribution is 5.67. The molecule has 1 saturated heterocycles. The van der Waals surface area contributed by atoms with E-state index in [0.29, 0.717) is 19.0 Å². The summed E-state index contributed by atoms with van der Waals surface area (Å²) in [5, 5.41) is 0. The number of amides is 1. The van der Waals surface area contributed by atoms with Gasteiger partial charge in [-0.25, -0.2) is 9.78 Å². The molecule has 0 aliphatic carbocycles. The number of likely N-dealkylation sites (tertiary alicyclic amines) is 1. The maximum atomic E-state index is 11.4. The molecule has 0 radical (unpaired) electrons. The van der Waals surface area contributed by atoms with Crippen LogP contribution in [0.15, 0.2) is 18.3 Å². The van der Waals surface area contributed by atoms with Crippen molar-refractivity contribution >= 4 is 6.09 Å². The van der Waals surface area contributed by atoms with Crippen molar-refractivity contribution < 1.29 is 14.3 Å². The molecule has 122 valence electrons. The van der Waals surface area contributed by atoms with Crippen LogP contribution >= 0.6 is 0 Å². The number of nitrogens with zero attached hydrogens (tertiary/aromatic N) is 2. The Bertz CT molecular complexity index is 491. The maximum absolute atomic E-state index is 11.4. The average molecular weight is 306 g/mol. The number of carbonyl (C=O) groups excluding carboxylic acids is 1. The molecule has 1 aromatic heterocycles. The molecule has 1 fully saturated rings. The van der Waals surface area contributed by atoms with E-state index in [2.05, 4.69) is 31.8 Å². The highest BCUT2D eigenvalue weighted by atomic mass is 16.5. The molecule has 5 nitrogen and oxygen atoms in total. The Morgan fingerprint density at radius 1 is 1.36 bits per heavy atom. The van der Waals surface area contributed by atoms with Crippen molar-refractivity contribution in [3.05, 3.63) is 23.9 Å². The normalized spacial score (nSPS) is 16.5. The van der Waals surface area contributed by atoms with Crippen LogP contribution in [-0.4, -0.2) is 42.3 Å². The lowest BCUT2D eigenvalue weighted by molar-refractivity contribution is 0.0772. The van der Waals surface area contributed by atoms with E-state index in [-0.39, 0.29) is 17.6 Å². The van der Waals surface area contributed by atoms with E-state index in [4.69, 9.17) is 9.47 Å². The summed E-state index contributed by atoms with van der Waals surface area (Å²) in [5.74, 6) is 0.659. The smallest absolute Gasteiger partial charge is 0.409 e. The fourth-order valence-electron chi connectivity index (χ4n) is 2.51.